The molecule has 4 nitrogen and oxygen atoms in total. The second-order valence-electron chi connectivity index (χ2n) is 5.14. The molecule has 0 spiro atoms. The number of hydrogen-bond acceptors (Lipinski definition) is 3. The maximum Gasteiger partial charge on any atom is 0.272 e. The van der Waals surface area contributed by atoms with Crippen LogP contribution in [0.15, 0.2) is 48.7 Å². The van der Waals surface area contributed by atoms with Gasteiger partial charge in [-0.3, -0.25) is 9.78 Å². The molecule has 21 heavy (non-hydrogen) atoms. The number of likely N-dealkylation sites (tertiary alicyclic amines) is 1. The summed E-state index contributed by atoms with van der Waals surface area (Å²) in [4.78, 5) is 18.7. The number of hydrogen-bond donors (Lipinski definition) is 0. The van der Waals surface area contributed by atoms with Crippen molar-refractivity contribution in [1.82, 2.24) is 9.88 Å². The van der Waals surface area contributed by atoms with Crippen LogP contribution in [0.4, 0.5) is 0 Å². The van der Waals surface area contributed by atoms with Gasteiger partial charge in [0.1, 0.15) is 11.4 Å². The number of carbonyl (C=O) groups is 1. The Balaban J connectivity index is 1.83. The summed E-state index contributed by atoms with van der Waals surface area (Å²) in [5, 5.41) is 0. The number of nitrogens with zero attached hydrogens (tertiary/aromatic N) is 2. The summed E-state index contributed by atoms with van der Waals surface area (Å²) >= 11 is 0. The van der Waals surface area contributed by atoms with Gasteiger partial charge in [0.15, 0.2) is 0 Å². The molecule has 1 saturated heterocycles. The summed E-state index contributed by atoms with van der Waals surface area (Å²) in [6.07, 6.45) is 3.67. The lowest BCUT2D eigenvalue weighted by Crippen LogP contribution is -2.31. The largest absolute Gasteiger partial charge is 0.497 e. The van der Waals surface area contributed by atoms with E-state index in [2.05, 4.69) is 4.98 Å². The molecule has 1 aromatic carbocycles. The van der Waals surface area contributed by atoms with E-state index in [4.69, 9.17) is 4.74 Å². The van der Waals surface area contributed by atoms with Crippen molar-refractivity contribution in [3.05, 3.63) is 59.9 Å². The first-order chi connectivity index (χ1) is 10.3. The minimum absolute atomic E-state index is 0.00826. The van der Waals surface area contributed by atoms with Gasteiger partial charge < -0.3 is 9.64 Å². The van der Waals surface area contributed by atoms with Crippen molar-refractivity contribution in [1.29, 1.82) is 0 Å². The zero-order valence-electron chi connectivity index (χ0n) is 12.0. The van der Waals surface area contributed by atoms with Gasteiger partial charge in [0.25, 0.3) is 5.91 Å². The predicted octanol–water partition coefficient (Wildman–Crippen LogP) is 3.07. The van der Waals surface area contributed by atoms with Crippen LogP contribution in [-0.4, -0.2) is 29.4 Å². The first-order valence-electron chi connectivity index (χ1n) is 7.15. The Bertz CT molecular complexity index is 610. The Morgan fingerprint density at radius 3 is 2.71 bits per heavy atom. The number of methoxy groups -OCH3 is 1. The van der Waals surface area contributed by atoms with E-state index in [0.717, 1.165) is 30.7 Å². The topological polar surface area (TPSA) is 42.4 Å². The molecule has 3 rings (SSSR count). The average molecular weight is 282 g/mol. The van der Waals surface area contributed by atoms with Crippen LogP contribution in [0, 0.1) is 0 Å². The van der Waals surface area contributed by atoms with Crippen LogP contribution in [0.3, 0.4) is 0 Å². The summed E-state index contributed by atoms with van der Waals surface area (Å²) in [5.74, 6) is 0.841. The third-order valence-corrected chi connectivity index (χ3v) is 3.90. The summed E-state index contributed by atoms with van der Waals surface area (Å²) in [5.41, 5.74) is 1.66. The number of benzene rings is 1. The summed E-state index contributed by atoms with van der Waals surface area (Å²) in [6.45, 7) is 0.784. The van der Waals surface area contributed by atoms with Gasteiger partial charge >= 0.3 is 0 Å². The van der Waals surface area contributed by atoms with Gasteiger partial charge in [-0.2, -0.15) is 0 Å². The number of carbonyl (C=O) groups excluding carboxylic acids is 1. The molecule has 1 fully saturated rings. The van der Waals surface area contributed by atoms with Gasteiger partial charge in [0.05, 0.1) is 13.2 Å². The number of rotatable bonds is 3. The van der Waals surface area contributed by atoms with Gasteiger partial charge in [-0.1, -0.05) is 18.2 Å². The minimum atomic E-state index is 0.00826. The Hall–Kier alpha value is -2.36. The summed E-state index contributed by atoms with van der Waals surface area (Å²) in [6, 6.07) is 13.5. The first kappa shape index (κ1) is 13.6. The molecule has 0 saturated carbocycles. The molecule has 2 aromatic rings. The molecule has 1 aliphatic rings. The Morgan fingerprint density at radius 1 is 1.24 bits per heavy atom. The Labute approximate surface area is 124 Å². The van der Waals surface area contributed by atoms with Crippen LogP contribution in [-0.2, 0) is 0 Å². The third kappa shape index (κ3) is 2.75. The Kier molecular flexibility index (Phi) is 3.86. The molecule has 1 unspecified atom stereocenters. The fourth-order valence-electron chi connectivity index (χ4n) is 2.82. The first-order valence-corrected chi connectivity index (χ1v) is 7.15. The van der Waals surface area contributed by atoms with Gasteiger partial charge in [-0.15, -0.1) is 0 Å². The molecule has 108 valence electrons. The fourth-order valence-corrected chi connectivity index (χ4v) is 2.82. The fraction of sp³-hybridized carbons (Fsp3) is 0.294. The second-order valence-corrected chi connectivity index (χ2v) is 5.14. The van der Waals surface area contributed by atoms with Gasteiger partial charge in [0.2, 0.25) is 0 Å². The quantitative estimate of drug-likeness (QED) is 0.869. The molecule has 0 bridgehead atoms. The highest BCUT2D eigenvalue weighted by Gasteiger charge is 2.30. The van der Waals surface area contributed by atoms with E-state index in [1.165, 1.54) is 0 Å². The lowest BCUT2D eigenvalue weighted by atomic mass is 10.0. The van der Waals surface area contributed by atoms with Crippen LogP contribution < -0.4 is 4.74 Å². The smallest absolute Gasteiger partial charge is 0.272 e. The molecule has 1 aliphatic heterocycles. The van der Waals surface area contributed by atoms with Crippen LogP contribution in [0.5, 0.6) is 5.75 Å². The van der Waals surface area contributed by atoms with E-state index in [-0.39, 0.29) is 11.9 Å². The summed E-state index contributed by atoms with van der Waals surface area (Å²) in [7, 11) is 1.65. The lowest BCUT2D eigenvalue weighted by molar-refractivity contribution is 0.0729. The standard InChI is InChI=1S/C17H18N2O2/c1-21-14-9-7-13(8-10-14)16-6-4-12-19(16)17(20)15-5-2-3-11-18-15/h2-3,5,7-11,16H,4,6,12H2,1H3. The average Bonchev–Trinajstić information content (AvgIpc) is 3.04. The van der Waals surface area contributed by atoms with E-state index in [1.54, 1.807) is 19.4 Å². The molecule has 1 atom stereocenters. The van der Waals surface area contributed by atoms with Crippen LogP contribution in [0.25, 0.3) is 0 Å². The lowest BCUT2D eigenvalue weighted by Gasteiger charge is -2.25. The maximum atomic E-state index is 12.6. The van der Waals surface area contributed by atoms with Crippen molar-refractivity contribution in [2.45, 2.75) is 18.9 Å². The molecule has 2 heterocycles. The Morgan fingerprint density at radius 2 is 2.05 bits per heavy atom. The molecule has 0 N–H and O–H groups in total. The van der Waals surface area contributed by atoms with Crippen molar-refractivity contribution in [2.24, 2.45) is 0 Å². The van der Waals surface area contributed by atoms with Gasteiger partial charge in [-0.25, -0.2) is 0 Å². The third-order valence-electron chi connectivity index (χ3n) is 3.90. The SMILES string of the molecule is COc1ccc(C2CCCN2C(=O)c2ccccn2)cc1. The van der Waals surface area contributed by atoms with Crippen LogP contribution in [0.1, 0.15) is 34.9 Å². The van der Waals surface area contributed by atoms with Crippen LogP contribution >= 0.6 is 0 Å². The summed E-state index contributed by atoms with van der Waals surface area (Å²) < 4.78 is 5.18. The van der Waals surface area contributed by atoms with E-state index >= 15 is 0 Å². The van der Waals surface area contributed by atoms with Crippen molar-refractivity contribution in [3.63, 3.8) is 0 Å². The molecular formula is C17H18N2O2. The number of pyridine rings is 1. The highest BCUT2D eigenvalue weighted by molar-refractivity contribution is 5.92. The molecule has 1 amide bonds. The van der Waals surface area contributed by atoms with Crippen molar-refractivity contribution in [2.75, 3.05) is 13.7 Å². The minimum Gasteiger partial charge on any atom is -0.497 e. The van der Waals surface area contributed by atoms with E-state index in [0.29, 0.717) is 5.69 Å². The predicted molar refractivity (Wildman–Crippen MR) is 80.2 cm³/mol. The zero-order valence-corrected chi connectivity index (χ0v) is 12.0. The van der Waals surface area contributed by atoms with Gasteiger partial charge in [-0.05, 0) is 42.7 Å². The highest BCUT2D eigenvalue weighted by Crippen LogP contribution is 2.33. The normalized spacial score (nSPS) is 17.8. The maximum absolute atomic E-state index is 12.6. The van der Waals surface area contributed by atoms with Crippen molar-refractivity contribution in [3.8, 4) is 5.75 Å². The monoisotopic (exact) mass is 282 g/mol. The highest BCUT2D eigenvalue weighted by atomic mass is 16.5. The number of aromatic nitrogens is 1. The van der Waals surface area contributed by atoms with E-state index in [1.807, 2.05) is 41.3 Å². The molecule has 4 heteroatoms. The number of ether oxygens (including phenoxy) is 1. The van der Waals surface area contributed by atoms with E-state index in [9.17, 15) is 4.79 Å². The molecule has 0 aliphatic carbocycles. The van der Waals surface area contributed by atoms with E-state index < -0.39 is 0 Å². The molecular weight excluding hydrogens is 264 g/mol. The van der Waals surface area contributed by atoms with Gasteiger partial charge in [0, 0.05) is 12.7 Å². The van der Waals surface area contributed by atoms with Crippen molar-refractivity contribution >= 4 is 5.91 Å². The number of amides is 1. The molecule has 1 aromatic heterocycles. The zero-order chi connectivity index (χ0) is 14.7. The van der Waals surface area contributed by atoms with Crippen LogP contribution in [0.2, 0.25) is 0 Å². The van der Waals surface area contributed by atoms with Crippen molar-refractivity contribution < 1.29 is 9.53 Å². The molecule has 0 radical (unpaired) electrons. The second kappa shape index (κ2) is 5.95.